The molecule has 0 N–H and O–H groups in total. The number of rotatable bonds is 6. The second kappa shape index (κ2) is 10.6. The van der Waals surface area contributed by atoms with E-state index in [1.807, 2.05) is 60.7 Å². The Morgan fingerprint density at radius 3 is 1.69 bits per heavy atom. The summed E-state index contributed by atoms with van der Waals surface area (Å²) in [6.45, 7) is 2.77. The van der Waals surface area contributed by atoms with Crippen LogP contribution in [0.2, 0.25) is 0 Å². The Hall–Kier alpha value is -3.25. The van der Waals surface area contributed by atoms with Crippen molar-refractivity contribution in [2.75, 3.05) is 11.4 Å². The van der Waals surface area contributed by atoms with E-state index in [0.717, 1.165) is 33.5 Å². The van der Waals surface area contributed by atoms with E-state index in [0.29, 0.717) is 43.6 Å². The van der Waals surface area contributed by atoms with E-state index in [2.05, 4.69) is 72.5 Å². The van der Waals surface area contributed by atoms with Crippen LogP contribution in [0.25, 0.3) is 33.4 Å². The van der Waals surface area contributed by atoms with Crippen molar-refractivity contribution >= 4 is 40.3 Å². The summed E-state index contributed by atoms with van der Waals surface area (Å²) < 4.78 is 17.8. The molecule has 0 aromatic heterocycles. The molecule has 0 bridgehead atoms. The topological polar surface area (TPSA) is 3.24 Å². The molecule has 1 nitrogen and oxygen atoms in total. The molecule has 0 heterocycles. The van der Waals surface area contributed by atoms with E-state index in [1.54, 1.807) is 0 Å². The molecule has 0 aliphatic carbocycles. The number of benzene rings is 5. The first-order valence-corrected chi connectivity index (χ1v) is 14.1. The average molecular weight is 647 g/mol. The third-order valence-corrected chi connectivity index (χ3v) is 8.22. The first-order chi connectivity index (χ1) is 17.2. The fraction of sp³-hybridized carbons (Fsp3) is 0.0625. The molecule has 5 aromatic carbocycles. The zero-order valence-corrected chi connectivity index (χ0v) is 24.1. The van der Waals surface area contributed by atoms with Gasteiger partial charge in [-0.15, -0.1) is 0 Å². The minimum atomic E-state index is -0.186. The van der Waals surface area contributed by atoms with Gasteiger partial charge in [0.1, 0.15) is 0 Å². The second-order valence-corrected chi connectivity index (χ2v) is 10.9. The molecular weight excluding hydrogens is 622 g/mol. The van der Waals surface area contributed by atoms with Crippen molar-refractivity contribution in [2.45, 2.75) is 6.92 Å². The Morgan fingerprint density at radius 2 is 1.06 bits per heavy atom. The summed E-state index contributed by atoms with van der Waals surface area (Å²) >= 11 is 0.655. The molecule has 0 fully saturated rings. The Morgan fingerprint density at radius 1 is 0.571 bits per heavy atom. The first kappa shape index (κ1) is 23.5. The molecule has 5 aromatic rings. The van der Waals surface area contributed by atoms with E-state index < -0.39 is 0 Å². The van der Waals surface area contributed by atoms with Gasteiger partial charge in [0.05, 0.1) is 0 Å². The Bertz CT molecular complexity index is 1430. The van der Waals surface area contributed by atoms with Crippen molar-refractivity contribution in [1.82, 2.24) is 0 Å². The summed E-state index contributed by atoms with van der Waals surface area (Å²) in [4.78, 5) is 2.13. The molecule has 0 saturated heterocycles. The zero-order chi connectivity index (χ0) is 24.2. The van der Waals surface area contributed by atoms with Gasteiger partial charge in [-0.25, -0.2) is 0 Å². The van der Waals surface area contributed by atoms with E-state index in [1.165, 1.54) is 3.12 Å². The second-order valence-electron chi connectivity index (χ2n) is 8.44. The molecule has 5 rings (SSSR count). The van der Waals surface area contributed by atoms with Crippen LogP contribution in [-0.4, -0.2) is 32.3 Å². The van der Waals surface area contributed by atoms with Gasteiger partial charge in [0.25, 0.3) is 0 Å². The molecule has 0 aliphatic rings. The zero-order valence-electron chi connectivity index (χ0n) is 19.7. The average Bonchev–Trinajstić information content (AvgIpc) is 2.92. The quantitative estimate of drug-likeness (QED) is 0.170. The molecule has 3 heteroatoms. The number of anilines is 2. The number of hydrogen-bond acceptors (Lipinski definition) is 1. The standard InChI is InChI=1S/C32H25FN.Tl/c1-2-34(28-16-10-5-11-17-28)32-30(26-14-8-4-9-15-26)23-22-29(31(32)33)27-20-18-25(19-21-27)24-12-6-3-7-13-24;/h3-16,18-23H,2H2,1H3;. The third kappa shape index (κ3) is 4.80. The van der Waals surface area contributed by atoms with Crippen LogP contribution in [0.4, 0.5) is 15.8 Å². The fourth-order valence-corrected chi connectivity index (χ4v) is 5.97. The van der Waals surface area contributed by atoms with E-state index in [-0.39, 0.29) is 5.82 Å². The minimum absolute atomic E-state index is 0.186. The monoisotopic (exact) mass is 647 g/mol. The summed E-state index contributed by atoms with van der Waals surface area (Å²) in [5.74, 6) is -0.186. The van der Waals surface area contributed by atoms with Crippen LogP contribution in [0.15, 0.2) is 121 Å². The van der Waals surface area contributed by atoms with E-state index in [4.69, 9.17) is 0 Å². The van der Waals surface area contributed by atoms with Crippen LogP contribution < -0.4 is 8.02 Å². The van der Waals surface area contributed by atoms with Crippen LogP contribution in [0.5, 0.6) is 0 Å². The molecule has 0 atom stereocenters. The summed E-state index contributed by atoms with van der Waals surface area (Å²) in [5, 5.41) is 0. The van der Waals surface area contributed by atoms with Crippen LogP contribution in [0.1, 0.15) is 6.92 Å². The van der Waals surface area contributed by atoms with Crippen molar-refractivity contribution in [3.63, 3.8) is 0 Å². The molecule has 0 radical (unpaired) electrons. The normalized spacial score (nSPS) is 10.8. The molecule has 0 aliphatic heterocycles. The molecule has 0 saturated carbocycles. The predicted octanol–water partition coefficient (Wildman–Crippen LogP) is 7.78. The molecule has 0 spiro atoms. The van der Waals surface area contributed by atoms with Crippen LogP contribution in [0.3, 0.4) is 0 Å². The molecule has 168 valence electrons. The van der Waals surface area contributed by atoms with Crippen molar-refractivity contribution < 1.29 is 4.39 Å². The Labute approximate surface area is 222 Å². The summed E-state index contributed by atoms with van der Waals surface area (Å²) in [6, 6.07) is 40.9. The fourth-order valence-electron chi connectivity index (χ4n) is 4.56. The molecule has 35 heavy (non-hydrogen) atoms. The van der Waals surface area contributed by atoms with Gasteiger partial charge in [-0.3, -0.25) is 0 Å². The van der Waals surface area contributed by atoms with Gasteiger partial charge in [0.2, 0.25) is 0 Å². The van der Waals surface area contributed by atoms with Crippen molar-refractivity contribution in [1.29, 1.82) is 0 Å². The number of nitrogens with zero attached hydrogens (tertiary/aromatic N) is 1. The van der Waals surface area contributed by atoms with Gasteiger partial charge >= 0.3 is 205 Å². The summed E-state index contributed by atoms with van der Waals surface area (Å²) in [5.41, 5.74) is 7.41. The summed E-state index contributed by atoms with van der Waals surface area (Å²) in [6.07, 6.45) is 0. The van der Waals surface area contributed by atoms with Gasteiger partial charge in [0, 0.05) is 0 Å². The molecule has 0 unspecified atom stereocenters. The predicted molar refractivity (Wildman–Crippen MR) is 147 cm³/mol. The SMILES string of the molecule is CCN(c1cccc[c]1[Tl])c1c(-c2ccccc2)ccc(-c2ccc(-c3ccccc3)cc2)c1F. The van der Waals surface area contributed by atoms with Crippen molar-refractivity contribution in [3.05, 3.63) is 127 Å². The van der Waals surface area contributed by atoms with Gasteiger partial charge < -0.3 is 0 Å². The first-order valence-electron chi connectivity index (χ1n) is 11.8. The number of para-hydroxylation sites is 1. The molecule has 0 amide bonds. The number of halogens is 1. The van der Waals surface area contributed by atoms with Crippen molar-refractivity contribution in [2.24, 2.45) is 0 Å². The maximum atomic E-state index is 16.6. The van der Waals surface area contributed by atoms with Crippen LogP contribution >= 0.6 is 0 Å². The van der Waals surface area contributed by atoms with Gasteiger partial charge in [-0.05, 0) is 0 Å². The van der Waals surface area contributed by atoms with E-state index in [9.17, 15) is 0 Å². The van der Waals surface area contributed by atoms with Crippen LogP contribution in [-0.2, 0) is 0 Å². The van der Waals surface area contributed by atoms with Crippen molar-refractivity contribution in [3.8, 4) is 33.4 Å². The van der Waals surface area contributed by atoms with Gasteiger partial charge in [0.15, 0.2) is 0 Å². The molecular formula is C32H25FNTl. The van der Waals surface area contributed by atoms with Gasteiger partial charge in [-0.1, -0.05) is 18.2 Å². The Kier molecular flexibility index (Phi) is 7.09. The van der Waals surface area contributed by atoms with Crippen LogP contribution in [0, 0.1) is 5.82 Å². The summed E-state index contributed by atoms with van der Waals surface area (Å²) in [7, 11) is 0. The third-order valence-electron chi connectivity index (χ3n) is 6.32. The van der Waals surface area contributed by atoms with E-state index >= 15 is 4.39 Å². The maximum absolute atomic E-state index is 16.6. The van der Waals surface area contributed by atoms with Gasteiger partial charge in [-0.2, -0.15) is 0 Å². The Balaban J connectivity index is 1.67. The number of hydrogen-bond donors (Lipinski definition) is 0.